The van der Waals surface area contributed by atoms with E-state index >= 15 is 0 Å². The van der Waals surface area contributed by atoms with E-state index in [1.54, 1.807) is 24.3 Å². The summed E-state index contributed by atoms with van der Waals surface area (Å²) in [5.41, 5.74) is -1.11. The molecule has 1 rings (SSSR count). The molecule has 0 amide bonds. The molecule has 1 N–H and O–H groups in total. The smallest absolute Gasteiger partial charge is 0.318 e. The molecule has 0 saturated heterocycles. The number of carboxylic acid groups (broad SMARTS) is 1. The summed E-state index contributed by atoms with van der Waals surface area (Å²) in [4.78, 5) is 38.0. The lowest BCUT2D eigenvalue weighted by molar-refractivity contribution is -0.163. The Balaban J connectivity index is 2.61. The lowest BCUT2D eigenvalue weighted by Crippen LogP contribution is -2.49. The minimum absolute atomic E-state index is 0.239. The summed E-state index contributed by atoms with van der Waals surface area (Å²) >= 11 is 3.43. The van der Waals surface area contributed by atoms with Gasteiger partial charge in [0.05, 0.1) is 0 Å². The van der Waals surface area contributed by atoms with Crippen LogP contribution in [0.3, 0.4) is 0 Å². The zero-order valence-electron chi connectivity index (χ0n) is 30.4. The van der Waals surface area contributed by atoms with Crippen LogP contribution in [0.1, 0.15) is 193 Å². The largest absolute Gasteiger partial charge is 0.480 e. The van der Waals surface area contributed by atoms with Crippen LogP contribution in [0, 0.1) is 5.92 Å². The second-order valence-corrected chi connectivity index (χ2v) is 15.2. The minimum atomic E-state index is -1.61. The van der Waals surface area contributed by atoms with E-state index in [4.69, 9.17) is 4.74 Å². The van der Waals surface area contributed by atoms with E-state index in [0.717, 1.165) is 48.9 Å². The third-order valence-corrected chi connectivity index (χ3v) is 10.2. The van der Waals surface area contributed by atoms with Gasteiger partial charge in [-0.05, 0) is 42.9 Å². The molecule has 5 nitrogen and oxygen atoms in total. The quantitative estimate of drug-likeness (QED) is 0.0455. The van der Waals surface area contributed by atoms with Crippen molar-refractivity contribution in [3.05, 3.63) is 34.3 Å². The number of benzene rings is 1. The molecule has 1 aromatic carbocycles. The van der Waals surface area contributed by atoms with Crippen LogP contribution >= 0.6 is 15.9 Å². The number of hydrogen-bond donors (Lipinski definition) is 1. The van der Waals surface area contributed by atoms with Crippen molar-refractivity contribution in [3.8, 4) is 0 Å². The Labute approximate surface area is 296 Å². The van der Waals surface area contributed by atoms with E-state index in [9.17, 15) is 19.5 Å². The van der Waals surface area contributed by atoms with Crippen molar-refractivity contribution in [2.24, 2.45) is 5.92 Å². The monoisotopic (exact) mass is 720 g/mol. The van der Waals surface area contributed by atoms with Crippen molar-refractivity contribution in [1.29, 1.82) is 0 Å². The summed E-state index contributed by atoms with van der Waals surface area (Å²) in [5, 5.41) is 10.6. The van der Waals surface area contributed by atoms with Gasteiger partial charge in [0.15, 0.2) is 0 Å². The molecule has 0 aromatic heterocycles. The predicted molar refractivity (Wildman–Crippen MR) is 200 cm³/mol. The molecule has 2 atom stereocenters. The van der Waals surface area contributed by atoms with Gasteiger partial charge in [0.25, 0.3) is 0 Å². The summed E-state index contributed by atoms with van der Waals surface area (Å²) in [6.45, 7) is 6.82. The maximum absolute atomic E-state index is 13.1. The molecule has 0 saturated carbocycles. The summed E-state index contributed by atoms with van der Waals surface area (Å²) in [6, 6.07) is 7.03. The van der Waals surface area contributed by atoms with E-state index in [2.05, 4.69) is 36.7 Å². The maximum atomic E-state index is 13.1. The van der Waals surface area contributed by atoms with Gasteiger partial charge in [-0.3, -0.25) is 9.59 Å². The van der Waals surface area contributed by atoms with Crippen molar-refractivity contribution < 1.29 is 24.2 Å². The summed E-state index contributed by atoms with van der Waals surface area (Å²) in [5.74, 6) is -0.695. The van der Waals surface area contributed by atoms with Crippen LogP contribution in [0.15, 0.2) is 28.7 Å². The third-order valence-electron chi connectivity index (χ3n) is 9.70. The lowest BCUT2D eigenvalue weighted by atomic mass is 9.71. The zero-order valence-corrected chi connectivity index (χ0v) is 32.0. The van der Waals surface area contributed by atoms with Crippen LogP contribution in [0.5, 0.6) is 0 Å². The SMILES string of the molecule is CCCCCCCCCCCCCCCC(=O)O[C@H](CCCCCCCCCCCC(C)C)C(CC=O)(C(=O)O)c1ccc(Br)cc1. The topological polar surface area (TPSA) is 80.7 Å². The summed E-state index contributed by atoms with van der Waals surface area (Å²) < 4.78 is 6.85. The fourth-order valence-corrected chi connectivity index (χ4v) is 6.96. The van der Waals surface area contributed by atoms with Gasteiger partial charge >= 0.3 is 11.9 Å². The van der Waals surface area contributed by atoms with Crippen LogP contribution in [-0.2, 0) is 24.5 Å². The fourth-order valence-electron chi connectivity index (χ4n) is 6.69. The van der Waals surface area contributed by atoms with E-state index in [-0.39, 0.29) is 18.8 Å². The number of ether oxygens (including phenoxy) is 1. The number of carboxylic acids is 1. The molecule has 0 spiro atoms. The first-order valence-corrected chi connectivity index (χ1v) is 20.2. The molecule has 0 aliphatic carbocycles. The number of unbranched alkanes of at least 4 members (excludes halogenated alkanes) is 20. The molecular formula is C41H69BrO5. The van der Waals surface area contributed by atoms with Crippen molar-refractivity contribution in [2.45, 2.75) is 199 Å². The van der Waals surface area contributed by atoms with Gasteiger partial charge in [0.1, 0.15) is 17.8 Å². The molecule has 6 heteroatoms. The van der Waals surface area contributed by atoms with Gasteiger partial charge in [0.2, 0.25) is 0 Å². The zero-order chi connectivity index (χ0) is 34.6. The highest BCUT2D eigenvalue weighted by Crippen LogP contribution is 2.37. The second-order valence-electron chi connectivity index (χ2n) is 14.3. The highest BCUT2D eigenvalue weighted by atomic mass is 79.9. The number of aldehydes is 1. The van der Waals surface area contributed by atoms with E-state index < -0.39 is 17.5 Å². The molecule has 270 valence electrons. The van der Waals surface area contributed by atoms with Crippen LogP contribution < -0.4 is 0 Å². The highest BCUT2D eigenvalue weighted by Gasteiger charge is 2.49. The fraction of sp³-hybridized carbons (Fsp3) is 0.780. The van der Waals surface area contributed by atoms with Gasteiger partial charge in [0, 0.05) is 17.3 Å². The number of carbonyl (C=O) groups excluding carboxylic acids is 2. The van der Waals surface area contributed by atoms with Gasteiger partial charge in [-0.2, -0.15) is 0 Å². The van der Waals surface area contributed by atoms with Gasteiger partial charge in [-0.15, -0.1) is 0 Å². The number of esters is 1. The molecule has 0 aliphatic rings. The second kappa shape index (κ2) is 28.2. The van der Waals surface area contributed by atoms with E-state index in [1.807, 2.05) is 0 Å². The van der Waals surface area contributed by atoms with Crippen LogP contribution in [0.4, 0.5) is 0 Å². The number of aliphatic carboxylic acids is 1. The van der Waals surface area contributed by atoms with Crippen LogP contribution in [-0.4, -0.2) is 29.4 Å². The number of carbonyl (C=O) groups is 3. The van der Waals surface area contributed by atoms with Crippen LogP contribution in [0.2, 0.25) is 0 Å². The van der Waals surface area contributed by atoms with Crippen LogP contribution in [0.25, 0.3) is 0 Å². The van der Waals surface area contributed by atoms with E-state index in [0.29, 0.717) is 18.3 Å². The van der Waals surface area contributed by atoms with Crippen molar-refractivity contribution in [1.82, 2.24) is 0 Å². The molecular weight excluding hydrogens is 652 g/mol. The first kappa shape index (κ1) is 43.3. The average Bonchev–Trinajstić information content (AvgIpc) is 3.04. The molecule has 1 aromatic rings. The van der Waals surface area contributed by atoms with Gasteiger partial charge in [-0.25, -0.2) is 0 Å². The van der Waals surface area contributed by atoms with Crippen molar-refractivity contribution >= 4 is 34.2 Å². The number of halogens is 1. The molecule has 0 fully saturated rings. The molecule has 0 radical (unpaired) electrons. The summed E-state index contributed by atoms with van der Waals surface area (Å²) in [7, 11) is 0. The first-order chi connectivity index (χ1) is 22.8. The highest BCUT2D eigenvalue weighted by molar-refractivity contribution is 9.10. The number of hydrogen-bond acceptors (Lipinski definition) is 4. The predicted octanol–water partition coefficient (Wildman–Crippen LogP) is 12.7. The summed E-state index contributed by atoms with van der Waals surface area (Å²) in [6.07, 6.45) is 27.9. The third kappa shape index (κ3) is 19.8. The Bertz CT molecular complexity index is 930. The van der Waals surface area contributed by atoms with E-state index in [1.165, 1.54) is 109 Å². The molecule has 0 aliphatic heterocycles. The van der Waals surface area contributed by atoms with Crippen molar-refractivity contribution in [3.63, 3.8) is 0 Å². The normalized spacial score (nSPS) is 13.4. The standard InChI is InChI=1S/C41H69BrO5/c1-4-5-6-7-8-9-10-11-12-16-19-22-25-28-39(44)47-38(27-24-21-18-15-13-14-17-20-23-26-35(2)3)41(33-34-43,40(45)46)36-29-31-37(42)32-30-36/h29-32,34-35,38H,4-28,33H2,1-3H3,(H,45,46)/t38-,41?/m1/s1. The minimum Gasteiger partial charge on any atom is -0.480 e. The van der Waals surface area contributed by atoms with Gasteiger partial charge in [-0.1, -0.05) is 184 Å². The molecule has 1 unspecified atom stereocenters. The Morgan fingerprint density at radius 2 is 1.13 bits per heavy atom. The average molecular weight is 722 g/mol. The maximum Gasteiger partial charge on any atom is 0.318 e. The van der Waals surface area contributed by atoms with Gasteiger partial charge < -0.3 is 14.6 Å². The van der Waals surface area contributed by atoms with Crippen molar-refractivity contribution in [2.75, 3.05) is 0 Å². The lowest BCUT2D eigenvalue weighted by Gasteiger charge is -2.36. The first-order valence-electron chi connectivity index (χ1n) is 19.4. The number of rotatable bonds is 32. The molecule has 0 heterocycles. The molecule has 0 bridgehead atoms. The Hall–Kier alpha value is -1.69. The molecule has 47 heavy (non-hydrogen) atoms. The Morgan fingerprint density at radius 3 is 1.55 bits per heavy atom. The Kier molecular flexibility index (Phi) is 26.0. The Morgan fingerprint density at radius 1 is 0.702 bits per heavy atom.